The Morgan fingerprint density at radius 3 is 2.47 bits per heavy atom. The molecule has 0 radical (unpaired) electrons. The van der Waals surface area contributed by atoms with Crippen LogP contribution in [0.2, 0.25) is 0 Å². The molecule has 3 heterocycles. The molecule has 8 heteroatoms. The first-order valence-corrected chi connectivity index (χ1v) is 12.4. The van der Waals surface area contributed by atoms with Crippen molar-refractivity contribution in [1.82, 2.24) is 20.0 Å². The maximum atomic E-state index is 13.8. The van der Waals surface area contributed by atoms with Crippen LogP contribution in [0.25, 0.3) is 10.8 Å². The van der Waals surface area contributed by atoms with Gasteiger partial charge >= 0.3 is 6.03 Å². The summed E-state index contributed by atoms with van der Waals surface area (Å²) in [6.45, 7) is 10.8. The third-order valence-corrected chi connectivity index (χ3v) is 7.25. The molecule has 4 amide bonds. The van der Waals surface area contributed by atoms with Gasteiger partial charge in [-0.2, -0.15) is 5.10 Å². The SMILES string of the molecule is Cn1nc(C(C)(C)C)cc1C(=O)N1CC(C)(C)CC1[C@@H]1NC(=O)N(c2cccc3ccccc23)C1=O. The first kappa shape index (κ1) is 24.0. The van der Waals surface area contributed by atoms with Crippen LogP contribution in [0.1, 0.15) is 57.2 Å². The Morgan fingerprint density at radius 1 is 1.08 bits per heavy atom. The van der Waals surface area contributed by atoms with Gasteiger partial charge in [0, 0.05) is 24.4 Å². The Morgan fingerprint density at radius 2 is 1.78 bits per heavy atom. The van der Waals surface area contributed by atoms with Crippen molar-refractivity contribution in [3.05, 3.63) is 59.9 Å². The number of hydrogen-bond acceptors (Lipinski definition) is 4. The number of anilines is 1. The minimum atomic E-state index is -0.822. The largest absolute Gasteiger partial charge is 0.331 e. The molecule has 0 bridgehead atoms. The van der Waals surface area contributed by atoms with Gasteiger partial charge in [0.1, 0.15) is 11.7 Å². The van der Waals surface area contributed by atoms with Gasteiger partial charge in [0.05, 0.1) is 17.4 Å². The van der Waals surface area contributed by atoms with Gasteiger partial charge in [-0.1, -0.05) is 71.0 Å². The molecule has 3 aromatic rings. The van der Waals surface area contributed by atoms with Crippen molar-refractivity contribution in [3.8, 4) is 0 Å². The van der Waals surface area contributed by atoms with Crippen molar-refractivity contribution in [2.75, 3.05) is 11.4 Å². The van der Waals surface area contributed by atoms with Gasteiger partial charge in [0.2, 0.25) is 0 Å². The highest BCUT2D eigenvalue weighted by Gasteiger charge is 2.52. The minimum absolute atomic E-state index is 0.179. The molecule has 0 spiro atoms. The van der Waals surface area contributed by atoms with Crippen molar-refractivity contribution in [1.29, 1.82) is 0 Å². The van der Waals surface area contributed by atoms with Gasteiger partial charge in [0.25, 0.3) is 11.8 Å². The second-order valence-corrected chi connectivity index (χ2v) is 11.8. The summed E-state index contributed by atoms with van der Waals surface area (Å²) in [4.78, 5) is 43.7. The number of aromatic nitrogens is 2. The molecule has 2 saturated heterocycles. The summed E-state index contributed by atoms with van der Waals surface area (Å²) in [6, 6.07) is 13.3. The van der Waals surface area contributed by atoms with Crippen molar-refractivity contribution >= 4 is 34.3 Å². The molecule has 1 aromatic heterocycles. The van der Waals surface area contributed by atoms with E-state index in [0.29, 0.717) is 24.3 Å². The molecular formula is C28H33N5O3. The maximum Gasteiger partial charge on any atom is 0.329 e. The zero-order valence-electron chi connectivity index (χ0n) is 21.7. The standard InChI is InChI=1S/C28H33N5O3/c1-27(2,3)22-14-20(31(6)30-22)24(34)32-16-28(4,5)15-21(32)23-25(35)33(26(36)29-23)19-13-9-11-17-10-7-8-12-18(17)19/h7-14,21,23H,15-16H2,1-6H3,(H,29,36)/t21?,23-/m0/s1. The summed E-state index contributed by atoms with van der Waals surface area (Å²) >= 11 is 0. The van der Waals surface area contributed by atoms with Crippen LogP contribution in [0.5, 0.6) is 0 Å². The molecule has 2 aliphatic heterocycles. The van der Waals surface area contributed by atoms with Crippen LogP contribution in [-0.4, -0.2) is 51.2 Å². The first-order chi connectivity index (χ1) is 16.9. The lowest BCUT2D eigenvalue weighted by molar-refractivity contribution is -0.119. The summed E-state index contributed by atoms with van der Waals surface area (Å²) in [7, 11) is 1.77. The van der Waals surface area contributed by atoms with Gasteiger partial charge in [-0.05, 0) is 29.4 Å². The lowest BCUT2D eigenvalue weighted by Gasteiger charge is -2.28. The molecular weight excluding hydrogens is 454 g/mol. The number of nitrogens with one attached hydrogen (secondary N) is 1. The van der Waals surface area contributed by atoms with Gasteiger partial charge < -0.3 is 10.2 Å². The number of rotatable bonds is 3. The number of aryl methyl sites for hydroxylation is 1. The van der Waals surface area contributed by atoms with E-state index in [-0.39, 0.29) is 22.6 Å². The third kappa shape index (κ3) is 3.94. The number of urea groups is 1. The molecule has 2 aliphatic rings. The fourth-order valence-electron chi connectivity index (χ4n) is 5.41. The molecule has 5 rings (SSSR count). The summed E-state index contributed by atoms with van der Waals surface area (Å²) in [5.74, 6) is -0.515. The van der Waals surface area contributed by atoms with Crippen molar-refractivity contribution in [3.63, 3.8) is 0 Å². The molecule has 188 valence electrons. The molecule has 1 unspecified atom stereocenters. The average Bonchev–Trinajstić information content (AvgIpc) is 3.45. The second kappa shape index (κ2) is 8.18. The Balaban J connectivity index is 1.49. The van der Waals surface area contributed by atoms with E-state index in [4.69, 9.17) is 0 Å². The summed E-state index contributed by atoms with van der Waals surface area (Å²) < 4.78 is 1.61. The zero-order chi connectivity index (χ0) is 26.0. The minimum Gasteiger partial charge on any atom is -0.331 e. The van der Waals surface area contributed by atoms with Crippen LogP contribution >= 0.6 is 0 Å². The smallest absolute Gasteiger partial charge is 0.329 e. The van der Waals surface area contributed by atoms with E-state index in [2.05, 4.69) is 45.0 Å². The summed E-state index contributed by atoms with van der Waals surface area (Å²) in [5.41, 5.74) is 1.45. The molecule has 2 atom stereocenters. The van der Waals surface area contributed by atoms with E-state index in [9.17, 15) is 14.4 Å². The highest BCUT2D eigenvalue weighted by molar-refractivity contribution is 6.24. The number of amides is 4. The number of nitrogens with zero attached hydrogens (tertiary/aromatic N) is 4. The number of hydrogen-bond donors (Lipinski definition) is 1. The fourth-order valence-corrected chi connectivity index (χ4v) is 5.41. The third-order valence-electron chi connectivity index (χ3n) is 7.25. The predicted molar refractivity (Wildman–Crippen MR) is 139 cm³/mol. The van der Waals surface area contributed by atoms with Gasteiger partial charge in [-0.3, -0.25) is 14.3 Å². The quantitative estimate of drug-likeness (QED) is 0.560. The van der Waals surface area contributed by atoms with E-state index in [0.717, 1.165) is 16.5 Å². The van der Waals surface area contributed by atoms with Crippen LogP contribution in [0.15, 0.2) is 48.5 Å². The lowest BCUT2D eigenvalue weighted by atomic mass is 9.88. The molecule has 0 saturated carbocycles. The topological polar surface area (TPSA) is 87.5 Å². The van der Waals surface area contributed by atoms with Crippen LogP contribution in [-0.2, 0) is 17.3 Å². The van der Waals surface area contributed by atoms with E-state index >= 15 is 0 Å². The number of carbonyl (C=O) groups excluding carboxylic acids is 3. The van der Waals surface area contributed by atoms with E-state index in [1.165, 1.54) is 4.90 Å². The van der Waals surface area contributed by atoms with Crippen LogP contribution in [0.4, 0.5) is 10.5 Å². The normalized spacial score (nSPS) is 21.9. The second-order valence-electron chi connectivity index (χ2n) is 11.8. The number of carbonyl (C=O) groups is 3. The first-order valence-electron chi connectivity index (χ1n) is 12.4. The highest BCUT2D eigenvalue weighted by Crippen LogP contribution is 2.39. The van der Waals surface area contributed by atoms with Crippen LogP contribution in [0.3, 0.4) is 0 Å². The van der Waals surface area contributed by atoms with Crippen LogP contribution < -0.4 is 10.2 Å². The Bertz CT molecular complexity index is 1380. The predicted octanol–water partition coefficient (Wildman–Crippen LogP) is 4.24. The summed E-state index contributed by atoms with van der Waals surface area (Å²) in [6.07, 6.45) is 0.600. The molecule has 8 nitrogen and oxygen atoms in total. The fraction of sp³-hybridized carbons (Fsp3) is 0.429. The van der Waals surface area contributed by atoms with Crippen molar-refractivity contribution < 1.29 is 14.4 Å². The monoisotopic (exact) mass is 487 g/mol. The zero-order valence-corrected chi connectivity index (χ0v) is 21.7. The maximum absolute atomic E-state index is 13.8. The Labute approximate surface area is 211 Å². The van der Waals surface area contributed by atoms with E-state index in [1.54, 1.807) is 22.7 Å². The number of fused-ring (bicyclic) bond motifs is 1. The summed E-state index contributed by atoms with van der Waals surface area (Å²) in [5, 5.41) is 9.24. The number of benzene rings is 2. The van der Waals surface area contributed by atoms with E-state index in [1.807, 2.05) is 42.5 Å². The molecule has 0 aliphatic carbocycles. The highest BCUT2D eigenvalue weighted by atomic mass is 16.2. The molecule has 2 fully saturated rings. The van der Waals surface area contributed by atoms with Crippen molar-refractivity contribution in [2.24, 2.45) is 12.5 Å². The van der Waals surface area contributed by atoms with Gasteiger partial charge in [-0.15, -0.1) is 0 Å². The molecule has 36 heavy (non-hydrogen) atoms. The van der Waals surface area contributed by atoms with Gasteiger partial charge in [0.15, 0.2) is 0 Å². The van der Waals surface area contributed by atoms with E-state index < -0.39 is 18.1 Å². The average molecular weight is 488 g/mol. The number of imide groups is 1. The number of likely N-dealkylation sites (tertiary alicyclic amines) is 1. The lowest BCUT2D eigenvalue weighted by Crippen LogP contribution is -2.50. The van der Waals surface area contributed by atoms with Gasteiger partial charge in [-0.25, -0.2) is 9.69 Å². The Kier molecular flexibility index (Phi) is 5.46. The van der Waals surface area contributed by atoms with Crippen LogP contribution in [0, 0.1) is 5.41 Å². The molecule has 2 aromatic carbocycles. The van der Waals surface area contributed by atoms with Crippen molar-refractivity contribution in [2.45, 2.75) is 58.5 Å². The molecule has 1 N–H and O–H groups in total. The Hall–Kier alpha value is -3.68.